The first-order valence-corrected chi connectivity index (χ1v) is 8.91. The van der Waals surface area contributed by atoms with E-state index in [9.17, 15) is 23.1 Å². The van der Waals surface area contributed by atoms with E-state index < -0.39 is 29.9 Å². The van der Waals surface area contributed by atoms with Crippen molar-refractivity contribution in [3.63, 3.8) is 0 Å². The van der Waals surface area contributed by atoms with Crippen LogP contribution in [0.2, 0.25) is 0 Å². The predicted molar refractivity (Wildman–Crippen MR) is 104 cm³/mol. The van der Waals surface area contributed by atoms with Gasteiger partial charge in [-0.05, 0) is 55.5 Å². The molecule has 2 N–H and O–H groups in total. The smallest absolute Gasteiger partial charge is 0.369 e. The van der Waals surface area contributed by atoms with E-state index in [-0.39, 0.29) is 5.69 Å². The molecule has 1 heterocycles. The van der Waals surface area contributed by atoms with Crippen LogP contribution in [0.1, 0.15) is 23.6 Å². The SMILES string of the molecule is CC(C(=O)Nc1ccc(C(F)(F)F)cc1)N1N=C(c2cccc(C#N)c2)C=CC1O. The average molecular weight is 414 g/mol. The van der Waals surface area contributed by atoms with Gasteiger partial charge in [0.2, 0.25) is 5.91 Å². The van der Waals surface area contributed by atoms with Crippen molar-refractivity contribution in [2.45, 2.75) is 25.4 Å². The number of rotatable bonds is 4. The Morgan fingerprint density at radius 2 is 1.97 bits per heavy atom. The van der Waals surface area contributed by atoms with Gasteiger partial charge in [-0.15, -0.1) is 0 Å². The molecule has 6 nitrogen and oxygen atoms in total. The first-order chi connectivity index (χ1) is 14.2. The number of nitrogens with one attached hydrogen (secondary N) is 1. The molecule has 9 heteroatoms. The largest absolute Gasteiger partial charge is 0.416 e. The Hall–Kier alpha value is -3.64. The standard InChI is InChI=1S/C21H17F3N4O2/c1-13(20(30)26-17-7-5-16(6-8-17)21(22,23)24)28-19(29)10-9-18(27-28)15-4-2-3-14(11-15)12-25/h2-11,13,19,29H,1H3,(H,26,30). The molecular weight excluding hydrogens is 397 g/mol. The third kappa shape index (κ3) is 4.67. The molecule has 3 rings (SSSR count). The summed E-state index contributed by atoms with van der Waals surface area (Å²) in [4.78, 5) is 12.6. The van der Waals surface area contributed by atoms with Crippen LogP contribution in [0.3, 0.4) is 0 Å². The van der Waals surface area contributed by atoms with Crippen molar-refractivity contribution in [3.8, 4) is 6.07 Å². The molecule has 0 radical (unpaired) electrons. The molecule has 1 amide bonds. The summed E-state index contributed by atoms with van der Waals surface area (Å²) in [6.07, 6.45) is -2.60. The van der Waals surface area contributed by atoms with Crippen LogP contribution < -0.4 is 5.32 Å². The quantitative estimate of drug-likeness (QED) is 0.802. The van der Waals surface area contributed by atoms with Gasteiger partial charge in [0.15, 0.2) is 6.23 Å². The summed E-state index contributed by atoms with van der Waals surface area (Å²) in [7, 11) is 0. The highest BCUT2D eigenvalue weighted by atomic mass is 19.4. The molecule has 2 aromatic rings. The van der Waals surface area contributed by atoms with Crippen LogP contribution >= 0.6 is 0 Å². The summed E-state index contributed by atoms with van der Waals surface area (Å²) in [5.74, 6) is -0.557. The van der Waals surface area contributed by atoms with Crippen LogP contribution in [0, 0.1) is 11.3 Å². The highest BCUT2D eigenvalue weighted by Crippen LogP contribution is 2.30. The maximum atomic E-state index is 12.7. The van der Waals surface area contributed by atoms with Gasteiger partial charge in [-0.3, -0.25) is 9.80 Å². The van der Waals surface area contributed by atoms with Crippen molar-refractivity contribution in [2.75, 3.05) is 5.32 Å². The number of nitriles is 1. The molecule has 0 fully saturated rings. The molecule has 30 heavy (non-hydrogen) atoms. The fraction of sp³-hybridized carbons (Fsp3) is 0.190. The zero-order chi connectivity index (χ0) is 21.9. The summed E-state index contributed by atoms with van der Waals surface area (Å²) in [6.45, 7) is 1.51. The van der Waals surface area contributed by atoms with Crippen LogP contribution in [0.4, 0.5) is 18.9 Å². The maximum Gasteiger partial charge on any atom is 0.416 e. The van der Waals surface area contributed by atoms with Crippen LogP contribution in [0.15, 0.2) is 65.8 Å². The van der Waals surface area contributed by atoms with E-state index in [2.05, 4.69) is 10.4 Å². The van der Waals surface area contributed by atoms with E-state index in [1.807, 2.05) is 6.07 Å². The van der Waals surface area contributed by atoms with E-state index >= 15 is 0 Å². The predicted octanol–water partition coefficient (Wildman–Crippen LogP) is 3.50. The van der Waals surface area contributed by atoms with E-state index in [0.717, 1.165) is 24.3 Å². The lowest BCUT2D eigenvalue weighted by Gasteiger charge is -2.31. The minimum absolute atomic E-state index is 0.188. The first kappa shape index (κ1) is 21.1. The number of aliphatic hydroxyl groups excluding tert-OH is 1. The van der Waals surface area contributed by atoms with Gasteiger partial charge in [-0.1, -0.05) is 12.1 Å². The fourth-order valence-corrected chi connectivity index (χ4v) is 2.81. The molecule has 154 valence electrons. The number of halogens is 3. The van der Waals surface area contributed by atoms with Gasteiger partial charge in [-0.2, -0.15) is 23.5 Å². The van der Waals surface area contributed by atoms with Gasteiger partial charge < -0.3 is 10.4 Å². The number of benzene rings is 2. The summed E-state index contributed by atoms with van der Waals surface area (Å²) >= 11 is 0. The van der Waals surface area contributed by atoms with Gasteiger partial charge in [0.1, 0.15) is 6.04 Å². The van der Waals surface area contributed by atoms with Gasteiger partial charge in [0, 0.05) is 11.3 Å². The second-order valence-electron chi connectivity index (χ2n) is 6.57. The number of nitrogens with zero attached hydrogens (tertiary/aromatic N) is 3. The van der Waals surface area contributed by atoms with E-state index in [4.69, 9.17) is 5.26 Å². The lowest BCUT2D eigenvalue weighted by Crippen LogP contribution is -2.45. The fourth-order valence-electron chi connectivity index (χ4n) is 2.81. The highest BCUT2D eigenvalue weighted by Gasteiger charge is 2.31. The number of amides is 1. The molecule has 0 spiro atoms. The van der Waals surface area contributed by atoms with Crippen molar-refractivity contribution in [1.82, 2.24) is 5.01 Å². The number of hydrogen-bond donors (Lipinski definition) is 2. The van der Waals surface area contributed by atoms with E-state index in [0.29, 0.717) is 16.8 Å². The second-order valence-corrected chi connectivity index (χ2v) is 6.57. The molecule has 0 aliphatic carbocycles. The number of aliphatic hydroxyl groups is 1. The van der Waals surface area contributed by atoms with Crippen molar-refractivity contribution in [1.29, 1.82) is 5.26 Å². The Morgan fingerprint density at radius 1 is 1.27 bits per heavy atom. The number of allylic oxidation sites excluding steroid dienone is 1. The molecule has 1 aliphatic heterocycles. The Labute approximate surface area is 170 Å². The van der Waals surface area contributed by atoms with Gasteiger partial charge >= 0.3 is 6.18 Å². The highest BCUT2D eigenvalue weighted by molar-refractivity contribution is 6.09. The van der Waals surface area contributed by atoms with Crippen LogP contribution in [0.5, 0.6) is 0 Å². The molecular formula is C21H17F3N4O2. The van der Waals surface area contributed by atoms with E-state index in [1.54, 1.807) is 30.3 Å². The molecule has 0 saturated heterocycles. The Kier molecular flexibility index (Phi) is 5.89. The van der Waals surface area contributed by atoms with E-state index in [1.165, 1.54) is 18.0 Å². The third-order valence-electron chi connectivity index (χ3n) is 4.46. The lowest BCUT2D eigenvalue weighted by atomic mass is 10.1. The number of hydrazone groups is 1. The normalized spacial score (nSPS) is 17.1. The van der Waals surface area contributed by atoms with Gasteiger partial charge in [0.05, 0.1) is 22.9 Å². The van der Waals surface area contributed by atoms with Crippen molar-refractivity contribution >= 4 is 17.3 Å². The monoisotopic (exact) mass is 414 g/mol. The number of anilines is 1. The lowest BCUT2D eigenvalue weighted by molar-refractivity contribution is -0.137. The van der Waals surface area contributed by atoms with Crippen LogP contribution in [-0.4, -0.2) is 34.0 Å². The topological polar surface area (TPSA) is 88.7 Å². The van der Waals surface area contributed by atoms with Crippen molar-refractivity contribution < 1.29 is 23.1 Å². The Morgan fingerprint density at radius 3 is 2.60 bits per heavy atom. The number of alkyl halides is 3. The minimum atomic E-state index is -4.46. The van der Waals surface area contributed by atoms with Gasteiger partial charge in [0.25, 0.3) is 0 Å². The summed E-state index contributed by atoms with van der Waals surface area (Å²) in [5, 5.41) is 27.3. The Bertz CT molecular complexity index is 1040. The minimum Gasteiger partial charge on any atom is -0.369 e. The molecule has 0 aromatic heterocycles. The zero-order valence-corrected chi connectivity index (χ0v) is 15.8. The van der Waals surface area contributed by atoms with Crippen molar-refractivity contribution in [3.05, 3.63) is 77.4 Å². The Balaban J connectivity index is 1.76. The number of carbonyl (C=O) groups excluding carboxylic acids is 1. The molecule has 0 saturated carbocycles. The van der Waals surface area contributed by atoms with Crippen LogP contribution in [0.25, 0.3) is 0 Å². The summed E-state index contributed by atoms with van der Waals surface area (Å²) in [5.41, 5.74) is 0.894. The third-order valence-corrected chi connectivity index (χ3v) is 4.46. The summed E-state index contributed by atoms with van der Waals surface area (Å²) < 4.78 is 38.0. The van der Waals surface area contributed by atoms with Gasteiger partial charge in [-0.25, -0.2) is 0 Å². The maximum absolute atomic E-state index is 12.7. The molecule has 1 aliphatic rings. The first-order valence-electron chi connectivity index (χ1n) is 8.91. The summed E-state index contributed by atoms with van der Waals surface area (Å²) in [6, 6.07) is 11.9. The molecule has 0 bridgehead atoms. The number of hydrogen-bond acceptors (Lipinski definition) is 5. The molecule has 2 atom stereocenters. The van der Waals surface area contributed by atoms with Crippen molar-refractivity contribution in [2.24, 2.45) is 5.10 Å². The van der Waals surface area contributed by atoms with Crippen LogP contribution in [-0.2, 0) is 11.0 Å². The zero-order valence-electron chi connectivity index (χ0n) is 15.8. The molecule has 2 unspecified atom stereocenters. The second kappa shape index (κ2) is 8.39. The molecule has 2 aromatic carbocycles. The average Bonchev–Trinajstić information content (AvgIpc) is 2.73. The number of carbonyl (C=O) groups is 1.